The summed E-state index contributed by atoms with van der Waals surface area (Å²) in [4.78, 5) is 15.5. The first-order valence-electron chi connectivity index (χ1n) is 7.50. The predicted octanol–water partition coefficient (Wildman–Crippen LogP) is 3.86. The second-order valence-corrected chi connectivity index (χ2v) is 5.79. The zero-order valence-electron chi connectivity index (χ0n) is 13.0. The Morgan fingerprint density at radius 2 is 1.91 bits per heavy atom. The molecule has 3 N–H and O–H groups in total. The number of hydrogen-bond donors (Lipinski definition) is 2. The normalized spacial score (nSPS) is 13.5. The van der Waals surface area contributed by atoms with Crippen molar-refractivity contribution >= 4 is 11.7 Å². The topological polar surface area (TPSA) is 76.2 Å². The Morgan fingerprint density at radius 3 is 2.55 bits per heavy atom. The Morgan fingerprint density at radius 1 is 1.23 bits per heavy atom. The first kappa shape index (κ1) is 16.0. The third-order valence-electron chi connectivity index (χ3n) is 4.30. The lowest BCUT2D eigenvalue weighted by molar-refractivity contribution is -0.137. The van der Waals surface area contributed by atoms with Gasteiger partial charge in [-0.15, -0.1) is 0 Å². The minimum atomic E-state index is -0.781. The van der Waals surface area contributed by atoms with Crippen molar-refractivity contribution < 1.29 is 9.90 Å². The second-order valence-electron chi connectivity index (χ2n) is 5.79. The second kappa shape index (κ2) is 6.60. The average molecular weight is 298 g/mol. The molecule has 2 aromatic rings. The summed E-state index contributed by atoms with van der Waals surface area (Å²) >= 11 is 0. The van der Waals surface area contributed by atoms with Crippen molar-refractivity contribution in [1.29, 1.82) is 0 Å². The van der Waals surface area contributed by atoms with Crippen LogP contribution in [0.1, 0.15) is 38.8 Å². The highest BCUT2D eigenvalue weighted by atomic mass is 16.4. The third-order valence-corrected chi connectivity index (χ3v) is 4.30. The number of nitrogens with two attached hydrogens (primary N) is 1. The summed E-state index contributed by atoms with van der Waals surface area (Å²) in [6.07, 6.45) is 3.25. The van der Waals surface area contributed by atoms with Crippen LogP contribution in [0.25, 0.3) is 11.1 Å². The highest BCUT2D eigenvalue weighted by molar-refractivity contribution is 5.78. The Labute approximate surface area is 131 Å². The monoisotopic (exact) mass is 298 g/mol. The number of nitrogens with zero attached hydrogens (tertiary/aromatic N) is 1. The molecule has 0 aliphatic heterocycles. The Bertz CT molecular complexity index is 670. The smallest absolute Gasteiger partial charge is 0.303 e. The quantitative estimate of drug-likeness (QED) is 0.794. The van der Waals surface area contributed by atoms with Crippen LogP contribution in [-0.2, 0) is 10.2 Å². The van der Waals surface area contributed by atoms with E-state index in [4.69, 9.17) is 10.8 Å². The van der Waals surface area contributed by atoms with Crippen LogP contribution in [0.3, 0.4) is 0 Å². The maximum absolute atomic E-state index is 11.0. The summed E-state index contributed by atoms with van der Waals surface area (Å²) < 4.78 is 0. The SMILES string of the molecule is CCC(C)(CCC(=O)O)c1ncccc1-c1ccccc1N. The molecule has 1 aromatic carbocycles. The molecule has 1 heterocycles. The summed E-state index contributed by atoms with van der Waals surface area (Å²) in [5, 5.41) is 9.01. The lowest BCUT2D eigenvalue weighted by Gasteiger charge is -2.29. The van der Waals surface area contributed by atoms with Gasteiger partial charge in [0.05, 0.1) is 5.69 Å². The largest absolute Gasteiger partial charge is 0.481 e. The molecule has 1 aromatic heterocycles. The van der Waals surface area contributed by atoms with Gasteiger partial charge in [-0.1, -0.05) is 38.1 Å². The molecule has 116 valence electrons. The van der Waals surface area contributed by atoms with Gasteiger partial charge in [-0.05, 0) is 25.0 Å². The molecule has 4 nitrogen and oxygen atoms in total. The van der Waals surface area contributed by atoms with Crippen molar-refractivity contribution in [3.8, 4) is 11.1 Å². The van der Waals surface area contributed by atoms with E-state index in [1.165, 1.54) is 0 Å². The van der Waals surface area contributed by atoms with Crippen molar-refractivity contribution in [2.75, 3.05) is 5.73 Å². The van der Waals surface area contributed by atoms with Crippen molar-refractivity contribution in [1.82, 2.24) is 4.98 Å². The molecular formula is C18H22N2O2. The van der Waals surface area contributed by atoms with Crippen molar-refractivity contribution in [2.45, 2.75) is 38.5 Å². The van der Waals surface area contributed by atoms with Crippen LogP contribution in [0, 0.1) is 0 Å². The number of carbonyl (C=O) groups is 1. The number of aromatic nitrogens is 1. The van der Waals surface area contributed by atoms with Gasteiger partial charge in [-0.3, -0.25) is 9.78 Å². The van der Waals surface area contributed by atoms with Crippen LogP contribution >= 0.6 is 0 Å². The van der Waals surface area contributed by atoms with Crippen LogP contribution in [0.5, 0.6) is 0 Å². The fraction of sp³-hybridized carbons (Fsp3) is 0.333. The molecule has 22 heavy (non-hydrogen) atoms. The molecule has 0 spiro atoms. The zero-order chi connectivity index (χ0) is 16.2. The minimum Gasteiger partial charge on any atom is -0.481 e. The van der Waals surface area contributed by atoms with Gasteiger partial charge in [0.2, 0.25) is 0 Å². The standard InChI is InChI=1S/C18H22N2O2/c1-3-18(2,11-10-16(21)22)17-14(8-6-12-20-17)13-7-4-5-9-15(13)19/h4-9,12H,3,10-11,19H2,1-2H3,(H,21,22). The van der Waals surface area contributed by atoms with E-state index >= 15 is 0 Å². The molecule has 4 heteroatoms. The van der Waals surface area contributed by atoms with Crippen molar-refractivity contribution in [3.05, 3.63) is 48.3 Å². The van der Waals surface area contributed by atoms with Gasteiger partial charge in [0.1, 0.15) is 0 Å². The highest BCUT2D eigenvalue weighted by Crippen LogP contribution is 2.38. The van der Waals surface area contributed by atoms with Crippen molar-refractivity contribution in [3.63, 3.8) is 0 Å². The van der Waals surface area contributed by atoms with Gasteiger partial charge in [0, 0.05) is 34.8 Å². The number of para-hydroxylation sites is 1. The summed E-state index contributed by atoms with van der Waals surface area (Å²) in [6.45, 7) is 4.13. The third kappa shape index (κ3) is 3.27. The lowest BCUT2D eigenvalue weighted by Crippen LogP contribution is -2.24. The molecule has 0 aliphatic carbocycles. The van der Waals surface area contributed by atoms with Gasteiger partial charge in [-0.25, -0.2) is 0 Å². The zero-order valence-corrected chi connectivity index (χ0v) is 13.0. The highest BCUT2D eigenvalue weighted by Gasteiger charge is 2.30. The van der Waals surface area contributed by atoms with E-state index in [0.29, 0.717) is 12.1 Å². The van der Waals surface area contributed by atoms with Crippen LogP contribution < -0.4 is 5.73 Å². The molecule has 0 bridgehead atoms. The molecular weight excluding hydrogens is 276 g/mol. The van der Waals surface area contributed by atoms with Crippen LogP contribution in [0.15, 0.2) is 42.6 Å². The fourth-order valence-corrected chi connectivity index (χ4v) is 2.69. The first-order valence-corrected chi connectivity index (χ1v) is 7.50. The first-order chi connectivity index (χ1) is 10.5. The van der Waals surface area contributed by atoms with Gasteiger partial charge in [-0.2, -0.15) is 0 Å². The van der Waals surface area contributed by atoms with Crippen LogP contribution in [0.2, 0.25) is 0 Å². The molecule has 0 aliphatic rings. The summed E-state index contributed by atoms with van der Waals surface area (Å²) in [7, 11) is 0. The maximum atomic E-state index is 11.0. The van der Waals surface area contributed by atoms with Gasteiger partial charge < -0.3 is 10.8 Å². The average Bonchev–Trinajstić information content (AvgIpc) is 2.53. The Balaban J connectivity index is 2.51. The number of anilines is 1. The summed E-state index contributed by atoms with van der Waals surface area (Å²) in [6, 6.07) is 11.6. The summed E-state index contributed by atoms with van der Waals surface area (Å²) in [5.41, 5.74) is 9.35. The van der Waals surface area contributed by atoms with Gasteiger partial charge in [0.15, 0.2) is 0 Å². The van der Waals surface area contributed by atoms with Gasteiger partial charge in [0.25, 0.3) is 0 Å². The number of rotatable bonds is 6. The molecule has 0 amide bonds. The van der Waals surface area contributed by atoms with E-state index in [9.17, 15) is 4.79 Å². The minimum absolute atomic E-state index is 0.130. The maximum Gasteiger partial charge on any atom is 0.303 e. The summed E-state index contributed by atoms with van der Waals surface area (Å²) in [5.74, 6) is -0.781. The molecule has 1 unspecified atom stereocenters. The van der Waals surface area contributed by atoms with E-state index in [0.717, 1.165) is 23.2 Å². The number of pyridine rings is 1. The molecule has 2 rings (SSSR count). The van der Waals surface area contributed by atoms with Crippen LogP contribution in [-0.4, -0.2) is 16.1 Å². The van der Waals surface area contributed by atoms with Crippen LogP contribution in [0.4, 0.5) is 5.69 Å². The molecule has 0 radical (unpaired) electrons. The Hall–Kier alpha value is -2.36. The number of nitrogen functional groups attached to an aromatic ring is 1. The molecule has 0 saturated carbocycles. The van der Waals surface area contributed by atoms with E-state index in [-0.39, 0.29) is 11.8 Å². The van der Waals surface area contributed by atoms with Gasteiger partial charge >= 0.3 is 5.97 Å². The molecule has 0 saturated heterocycles. The molecule has 0 fully saturated rings. The van der Waals surface area contributed by atoms with E-state index in [1.54, 1.807) is 6.20 Å². The van der Waals surface area contributed by atoms with E-state index in [1.807, 2.05) is 36.4 Å². The van der Waals surface area contributed by atoms with E-state index in [2.05, 4.69) is 18.8 Å². The number of hydrogen-bond acceptors (Lipinski definition) is 3. The number of carboxylic acids is 1. The fourth-order valence-electron chi connectivity index (χ4n) is 2.69. The molecule has 1 atom stereocenters. The number of aliphatic carboxylic acids is 1. The predicted molar refractivity (Wildman–Crippen MR) is 88.6 cm³/mol. The Kier molecular flexibility index (Phi) is 4.81. The number of benzene rings is 1. The van der Waals surface area contributed by atoms with Crippen molar-refractivity contribution in [2.24, 2.45) is 0 Å². The van der Waals surface area contributed by atoms with E-state index < -0.39 is 5.97 Å². The number of carboxylic acid groups (broad SMARTS) is 1. The lowest BCUT2D eigenvalue weighted by atomic mass is 9.76.